The Morgan fingerprint density at radius 1 is 1.12 bits per heavy atom. The first-order valence-electron chi connectivity index (χ1n) is 8.64. The molecule has 4 heteroatoms. The van der Waals surface area contributed by atoms with Crippen molar-refractivity contribution >= 4 is 5.91 Å². The second kappa shape index (κ2) is 9.11. The molecule has 4 nitrogen and oxygen atoms in total. The van der Waals surface area contributed by atoms with E-state index in [0.29, 0.717) is 30.4 Å². The molecule has 0 unspecified atom stereocenters. The third-order valence-corrected chi connectivity index (χ3v) is 4.02. The molecule has 0 bridgehead atoms. The SMILES string of the molecule is COc1cc(CNC(=O)c2ccccc2C)ccc1OCCC(C)C. The fourth-order valence-corrected chi connectivity index (χ4v) is 2.45. The van der Waals surface area contributed by atoms with Gasteiger partial charge in [0.1, 0.15) is 0 Å². The zero-order valence-corrected chi connectivity index (χ0v) is 15.5. The van der Waals surface area contributed by atoms with Gasteiger partial charge in [0, 0.05) is 12.1 Å². The maximum atomic E-state index is 12.3. The Balaban J connectivity index is 1.98. The van der Waals surface area contributed by atoms with Crippen LogP contribution in [-0.2, 0) is 6.54 Å². The van der Waals surface area contributed by atoms with Crippen LogP contribution in [0.4, 0.5) is 0 Å². The molecule has 1 amide bonds. The predicted molar refractivity (Wildman–Crippen MR) is 100 cm³/mol. The van der Waals surface area contributed by atoms with Gasteiger partial charge in [-0.05, 0) is 48.6 Å². The van der Waals surface area contributed by atoms with Gasteiger partial charge in [-0.2, -0.15) is 0 Å². The number of amides is 1. The van der Waals surface area contributed by atoms with E-state index in [1.54, 1.807) is 7.11 Å². The fraction of sp³-hybridized carbons (Fsp3) is 0.381. The number of rotatable bonds is 8. The third-order valence-electron chi connectivity index (χ3n) is 4.02. The molecule has 0 radical (unpaired) electrons. The van der Waals surface area contributed by atoms with Crippen LogP contribution >= 0.6 is 0 Å². The minimum absolute atomic E-state index is 0.0747. The summed E-state index contributed by atoms with van der Waals surface area (Å²) in [7, 11) is 1.63. The molecule has 0 saturated heterocycles. The lowest BCUT2D eigenvalue weighted by Gasteiger charge is -2.13. The summed E-state index contributed by atoms with van der Waals surface area (Å²) in [4.78, 5) is 12.3. The zero-order chi connectivity index (χ0) is 18.2. The minimum atomic E-state index is -0.0747. The van der Waals surface area contributed by atoms with Crippen molar-refractivity contribution in [1.29, 1.82) is 0 Å². The Morgan fingerprint density at radius 2 is 1.88 bits per heavy atom. The van der Waals surface area contributed by atoms with Crippen LogP contribution in [0.25, 0.3) is 0 Å². The summed E-state index contributed by atoms with van der Waals surface area (Å²) < 4.78 is 11.2. The quantitative estimate of drug-likeness (QED) is 0.776. The molecule has 2 rings (SSSR count). The molecule has 1 N–H and O–H groups in total. The molecule has 0 aliphatic rings. The predicted octanol–water partition coefficient (Wildman–Crippen LogP) is 4.36. The molecule has 0 heterocycles. The van der Waals surface area contributed by atoms with Crippen LogP contribution in [0.5, 0.6) is 11.5 Å². The second-order valence-corrected chi connectivity index (χ2v) is 6.51. The molecule has 0 aromatic heterocycles. The van der Waals surface area contributed by atoms with Crippen LogP contribution in [0.15, 0.2) is 42.5 Å². The maximum Gasteiger partial charge on any atom is 0.251 e. The molecule has 134 valence electrons. The highest BCUT2D eigenvalue weighted by Gasteiger charge is 2.10. The average Bonchev–Trinajstić information content (AvgIpc) is 2.60. The van der Waals surface area contributed by atoms with Crippen LogP contribution in [0, 0.1) is 12.8 Å². The summed E-state index contributed by atoms with van der Waals surface area (Å²) in [6.07, 6.45) is 0.997. The van der Waals surface area contributed by atoms with Crippen molar-refractivity contribution in [3.05, 3.63) is 59.2 Å². The highest BCUT2D eigenvalue weighted by molar-refractivity contribution is 5.95. The highest BCUT2D eigenvalue weighted by atomic mass is 16.5. The number of aryl methyl sites for hydroxylation is 1. The monoisotopic (exact) mass is 341 g/mol. The van der Waals surface area contributed by atoms with E-state index in [1.165, 1.54) is 0 Å². The number of nitrogens with one attached hydrogen (secondary N) is 1. The van der Waals surface area contributed by atoms with Crippen molar-refractivity contribution in [3.63, 3.8) is 0 Å². The van der Waals surface area contributed by atoms with Gasteiger partial charge in [-0.15, -0.1) is 0 Å². The Labute approximate surface area is 150 Å². The molecule has 0 aliphatic heterocycles. The van der Waals surface area contributed by atoms with Gasteiger partial charge in [0.25, 0.3) is 5.91 Å². The zero-order valence-electron chi connectivity index (χ0n) is 15.5. The van der Waals surface area contributed by atoms with Crippen molar-refractivity contribution in [2.75, 3.05) is 13.7 Å². The van der Waals surface area contributed by atoms with E-state index in [2.05, 4.69) is 19.2 Å². The first-order valence-corrected chi connectivity index (χ1v) is 8.64. The van der Waals surface area contributed by atoms with E-state index < -0.39 is 0 Å². The van der Waals surface area contributed by atoms with E-state index >= 15 is 0 Å². The lowest BCUT2D eigenvalue weighted by Crippen LogP contribution is -2.23. The van der Waals surface area contributed by atoms with E-state index in [1.807, 2.05) is 49.4 Å². The van der Waals surface area contributed by atoms with E-state index in [9.17, 15) is 4.79 Å². The summed E-state index contributed by atoms with van der Waals surface area (Å²) in [6, 6.07) is 13.3. The van der Waals surface area contributed by atoms with Crippen molar-refractivity contribution in [1.82, 2.24) is 5.32 Å². The highest BCUT2D eigenvalue weighted by Crippen LogP contribution is 2.28. The van der Waals surface area contributed by atoms with Crippen molar-refractivity contribution in [3.8, 4) is 11.5 Å². The number of hydrogen-bond donors (Lipinski definition) is 1. The van der Waals surface area contributed by atoms with Gasteiger partial charge in [-0.1, -0.05) is 38.1 Å². The molecule has 2 aromatic carbocycles. The first-order chi connectivity index (χ1) is 12.0. The van der Waals surface area contributed by atoms with Crippen LogP contribution in [-0.4, -0.2) is 19.6 Å². The van der Waals surface area contributed by atoms with Gasteiger partial charge in [0.2, 0.25) is 0 Å². The summed E-state index contributed by atoms with van der Waals surface area (Å²) in [5, 5.41) is 2.95. The lowest BCUT2D eigenvalue weighted by atomic mass is 10.1. The number of benzene rings is 2. The van der Waals surface area contributed by atoms with Gasteiger partial charge >= 0.3 is 0 Å². The van der Waals surface area contributed by atoms with Crippen molar-refractivity contribution < 1.29 is 14.3 Å². The fourth-order valence-electron chi connectivity index (χ4n) is 2.45. The van der Waals surface area contributed by atoms with Crippen LogP contribution in [0.3, 0.4) is 0 Å². The molecule has 0 spiro atoms. The topological polar surface area (TPSA) is 47.6 Å². The molecule has 0 aliphatic carbocycles. The largest absolute Gasteiger partial charge is 0.493 e. The van der Waals surface area contributed by atoms with Gasteiger partial charge < -0.3 is 14.8 Å². The van der Waals surface area contributed by atoms with Gasteiger partial charge in [0.05, 0.1) is 13.7 Å². The maximum absolute atomic E-state index is 12.3. The smallest absolute Gasteiger partial charge is 0.251 e. The normalized spacial score (nSPS) is 10.6. The Bertz CT molecular complexity index is 710. The molecular weight excluding hydrogens is 314 g/mol. The van der Waals surface area contributed by atoms with Gasteiger partial charge in [-0.25, -0.2) is 0 Å². The summed E-state index contributed by atoms with van der Waals surface area (Å²) >= 11 is 0. The van der Waals surface area contributed by atoms with Crippen LogP contribution < -0.4 is 14.8 Å². The van der Waals surface area contributed by atoms with Crippen molar-refractivity contribution in [2.45, 2.75) is 33.7 Å². The second-order valence-electron chi connectivity index (χ2n) is 6.51. The van der Waals surface area contributed by atoms with Gasteiger partial charge in [-0.3, -0.25) is 4.79 Å². The Kier molecular flexibility index (Phi) is 6.87. The number of methoxy groups -OCH3 is 1. The molecule has 0 saturated carbocycles. The summed E-state index contributed by atoms with van der Waals surface area (Å²) in [5.41, 5.74) is 2.63. The number of carbonyl (C=O) groups is 1. The lowest BCUT2D eigenvalue weighted by molar-refractivity contribution is 0.0950. The van der Waals surface area contributed by atoms with Crippen LogP contribution in [0.1, 0.15) is 41.8 Å². The van der Waals surface area contributed by atoms with Gasteiger partial charge in [0.15, 0.2) is 11.5 Å². The number of hydrogen-bond acceptors (Lipinski definition) is 3. The van der Waals surface area contributed by atoms with Crippen molar-refractivity contribution in [2.24, 2.45) is 5.92 Å². The minimum Gasteiger partial charge on any atom is -0.493 e. The Hall–Kier alpha value is -2.49. The summed E-state index contributed by atoms with van der Waals surface area (Å²) in [6.45, 7) is 7.37. The molecule has 0 fully saturated rings. The van der Waals surface area contributed by atoms with E-state index in [4.69, 9.17) is 9.47 Å². The van der Waals surface area contributed by atoms with E-state index in [-0.39, 0.29) is 5.91 Å². The average molecular weight is 341 g/mol. The number of ether oxygens (including phenoxy) is 2. The molecule has 0 atom stereocenters. The molecule has 25 heavy (non-hydrogen) atoms. The standard InChI is InChI=1S/C21H27NO3/c1-15(2)11-12-25-19-10-9-17(13-20(19)24-4)14-22-21(23)18-8-6-5-7-16(18)3/h5-10,13,15H,11-12,14H2,1-4H3,(H,22,23). The van der Waals surface area contributed by atoms with Crippen LogP contribution in [0.2, 0.25) is 0 Å². The Morgan fingerprint density at radius 3 is 2.56 bits per heavy atom. The van der Waals surface area contributed by atoms with E-state index in [0.717, 1.165) is 23.3 Å². The molecular formula is C21H27NO3. The summed E-state index contributed by atoms with van der Waals surface area (Å²) in [5.74, 6) is 1.94. The molecule has 2 aromatic rings. The first kappa shape index (κ1) is 18.8. The third kappa shape index (κ3) is 5.52. The number of carbonyl (C=O) groups excluding carboxylic acids is 1.